The molecule has 0 radical (unpaired) electrons. The average Bonchev–Trinajstić information content (AvgIpc) is 2.89. The Bertz CT molecular complexity index is 387. The van der Waals surface area contributed by atoms with Crippen molar-refractivity contribution in [2.24, 2.45) is 16.7 Å². The topological polar surface area (TPSA) is 24.5 Å². The molecule has 3 rings (SSSR count). The molecule has 3 aliphatic rings. The zero-order valence-corrected chi connectivity index (χ0v) is 15.4. The highest BCUT2D eigenvalue weighted by molar-refractivity contribution is 5.02. The number of likely N-dealkylation sites (tertiary alicyclic amines) is 1. The second kappa shape index (κ2) is 5.75. The van der Waals surface area contributed by atoms with E-state index in [1.165, 1.54) is 51.9 Å². The van der Waals surface area contributed by atoms with Crippen molar-refractivity contribution in [3.8, 4) is 0 Å². The summed E-state index contributed by atoms with van der Waals surface area (Å²) < 4.78 is 6.19. The molecule has 0 aliphatic carbocycles. The largest absolute Gasteiger partial charge is 0.378 e. The Morgan fingerprint density at radius 1 is 1.18 bits per heavy atom. The van der Waals surface area contributed by atoms with E-state index in [4.69, 9.17) is 4.74 Å². The van der Waals surface area contributed by atoms with E-state index in [1.54, 1.807) is 0 Å². The maximum Gasteiger partial charge on any atom is 0.0586 e. The molecule has 0 amide bonds. The van der Waals surface area contributed by atoms with Gasteiger partial charge >= 0.3 is 0 Å². The van der Waals surface area contributed by atoms with Crippen molar-refractivity contribution < 1.29 is 4.74 Å². The molecule has 0 aromatic rings. The van der Waals surface area contributed by atoms with Gasteiger partial charge in [0.25, 0.3) is 0 Å². The third-order valence-electron chi connectivity index (χ3n) is 6.57. The van der Waals surface area contributed by atoms with Crippen molar-refractivity contribution in [1.29, 1.82) is 0 Å². The molecule has 3 saturated heterocycles. The minimum absolute atomic E-state index is 0.327. The van der Waals surface area contributed by atoms with E-state index in [0.717, 1.165) is 12.5 Å². The maximum atomic E-state index is 6.19. The first-order valence-corrected chi connectivity index (χ1v) is 9.28. The van der Waals surface area contributed by atoms with Gasteiger partial charge in [0, 0.05) is 30.7 Å². The smallest absolute Gasteiger partial charge is 0.0586 e. The van der Waals surface area contributed by atoms with Crippen molar-refractivity contribution in [2.75, 3.05) is 32.8 Å². The summed E-state index contributed by atoms with van der Waals surface area (Å²) in [7, 11) is 0. The van der Waals surface area contributed by atoms with Crippen molar-refractivity contribution in [2.45, 2.75) is 71.9 Å². The quantitative estimate of drug-likeness (QED) is 0.866. The molecule has 128 valence electrons. The third-order valence-corrected chi connectivity index (χ3v) is 6.57. The first kappa shape index (κ1) is 16.7. The Hall–Kier alpha value is -0.120. The average molecular weight is 309 g/mol. The van der Waals surface area contributed by atoms with Gasteiger partial charge in [-0.3, -0.25) is 4.90 Å². The predicted octanol–water partition coefficient (Wildman–Crippen LogP) is 3.29. The summed E-state index contributed by atoms with van der Waals surface area (Å²) in [6.07, 6.45) is 5.59. The van der Waals surface area contributed by atoms with Gasteiger partial charge in [0.2, 0.25) is 0 Å². The molecule has 3 nitrogen and oxygen atoms in total. The second-order valence-corrected chi connectivity index (χ2v) is 9.86. The standard InChI is InChI=1S/C19H36N2O/c1-17(2,3)21-13-19(14-21)7-9-22-16(11-19)10-18(4,5)15-6-8-20-12-15/h15-16,20H,6-14H2,1-5H3. The second-order valence-electron chi connectivity index (χ2n) is 9.86. The summed E-state index contributed by atoms with van der Waals surface area (Å²) in [6.45, 7) is 17.9. The molecule has 1 spiro atoms. The zero-order valence-electron chi connectivity index (χ0n) is 15.4. The number of rotatable bonds is 3. The number of ether oxygens (including phenoxy) is 1. The molecule has 3 fully saturated rings. The van der Waals surface area contributed by atoms with E-state index < -0.39 is 0 Å². The fourth-order valence-electron chi connectivity index (χ4n) is 4.82. The first-order valence-electron chi connectivity index (χ1n) is 9.28. The van der Waals surface area contributed by atoms with E-state index in [2.05, 4.69) is 44.8 Å². The number of hydrogen-bond donors (Lipinski definition) is 1. The van der Waals surface area contributed by atoms with Crippen LogP contribution >= 0.6 is 0 Å². The van der Waals surface area contributed by atoms with E-state index in [1.807, 2.05) is 0 Å². The van der Waals surface area contributed by atoms with Crippen LogP contribution in [0.2, 0.25) is 0 Å². The van der Waals surface area contributed by atoms with Crippen LogP contribution in [0.4, 0.5) is 0 Å². The summed E-state index contributed by atoms with van der Waals surface area (Å²) in [5, 5.41) is 3.53. The van der Waals surface area contributed by atoms with E-state index in [-0.39, 0.29) is 0 Å². The molecular weight excluding hydrogens is 272 g/mol. The molecule has 3 heterocycles. The van der Waals surface area contributed by atoms with Gasteiger partial charge in [-0.05, 0) is 70.9 Å². The van der Waals surface area contributed by atoms with E-state index in [9.17, 15) is 0 Å². The monoisotopic (exact) mass is 308 g/mol. The predicted molar refractivity (Wildman–Crippen MR) is 92.1 cm³/mol. The molecule has 2 unspecified atom stereocenters. The van der Waals surface area contributed by atoms with Gasteiger partial charge < -0.3 is 10.1 Å². The SMILES string of the molecule is CC(C)(CC1CC2(CCO1)CN(C(C)(C)C)C2)C1CCNC1. The lowest BCUT2D eigenvalue weighted by Crippen LogP contribution is -2.64. The van der Waals surface area contributed by atoms with Crippen LogP contribution in [0.15, 0.2) is 0 Å². The molecule has 0 bridgehead atoms. The summed E-state index contributed by atoms with van der Waals surface area (Å²) in [5.74, 6) is 0.821. The normalized spacial score (nSPS) is 33.1. The van der Waals surface area contributed by atoms with Crippen LogP contribution in [0, 0.1) is 16.7 Å². The van der Waals surface area contributed by atoms with Crippen LogP contribution < -0.4 is 5.32 Å². The summed E-state index contributed by atoms with van der Waals surface area (Å²) in [5.41, 5.74) is 1.29. The lowest BCUT2D eigenvalue weighted by atomic mass is 9.66. The van der Waals surface area contributed by atoms with Gasteiger partial charge in [0.15, 0.2) is 0 Å². The molecule has 0 saturated carbocycles. The van der Waals surface area contributed by atoms with Crippen molar-refractivity contribution in [1.82, 2.24) is 10.2 Å². The molecule has 0 aromatic carbocycles. The van der Waals surface area contributed by atoms with Crippen molar-refractivity contribution in [3.05, 3.63) is 0 Å². The van der Waals surface area contributed by atoms with Gasteiger partial charge in [-0.15, -0.1) is 0 Å². The van der Waals surface area contributed by atoms with Crippen LogP contribution in [0.5, 0.6) is 0 Å². The Kier molecular flexibility index (Phi) is 4.37. The third kappa shape index (κ3) is 3.37. The van der Waals surface area contributed by atoms with Crippen LogP contribution in [0.3, 0.4) is 0 Å². The van der Waals surface area contributed by atoms with Crippen LogP contribution in [-0.4, -0.2) is 49.3 Å². The lowest BCUT2D eigenvalue weighted by Gasteiger charge is -2.58. The summed E-state index contributed by atoms with van der Waals surface area (Å²) >= 11 is 0. The minimum atomic E-state index is 0.327. The van der Waals surface area contributed by atoms with Crippen LogP contribution in [0.1, 0.15) is 60.3 Å². The summed E-state index contributed by atoms with van der Waals surface area (Å²) in [4.78, 5) is 2.64. The van der Waals surface area contributed by atoms with Gasteiger partial charge in [0.05, 0.1) is 6.10 Å². The Morgan fingerprint density at radius 2 is 1.91 bits per heavy atom. The minimum Gasteiger partial charge on any atom is -0.378 e. The number of nitrogens with one attached hydrogen (secondary N) is 1. The van der Waals surface area contributed by atoms with E-state index >= 15 is 0 Å². The van der Waals surface area contributed by atoms with Gasteiger partial charge in [-0.25, -0.2) is 0 Å². The molecule has 3 aliphatic heterocycles. The van der Waals surface area contributed by atoms with Crippen LogP contribution in [0.25, 0.3) is 0 Å². The fourth-order valence-corrected chi connectivity index (χ4v) is 4.82. The molecule has 3 heteroatoms. The number of hydrogen-bond acceptors (Lipinski definition) is 3. The zero-order chi connectivity index (χ0) is 16.0. The van der Waals surface area contributed by atoms with E-state index in [0.29, 0.717) is 22.5 Å². The molecule has 0 aromatic heterocycles. The fraction of sp³-hybridized carbons (Fsp3) is 1.00. The van der Waals surface area contributed by atoms with Crippen molar-refractivity contribution in [3.63, 3.8) is 0 Å². The number of nitrogens with zero attached hydrogens (tertiary/aromatic N) is 1. The molecule has 22 heavy (non-hydrogen) atoms. The van der Waals surface area contributed by atoms with Crippen molar-refractivity contribution >= 4 is 0 Å². The van der Waals surface area contributed by atoms with Gasteiger partial charge in [-0.1, -0.05) is 13.8 Å². The summed E-state index contributed by atoms with van der Waals surface area (Å²) in [6, 6.07) is 0. The van der Waals surface area contributed by atoms with Crippen LogP contribution in [-0.2, 0) is 4.74 Å². The Balaban J connectivity index is 1.55. The molecule has 2 atom stereocenters. The molecule has 1 N–H and O–H groups in total. The molecular formula is C19H36N2O. The Labute approximate surface area is 137 Å². The van der Waals surface area contributed by atoms with Gasteiger partial charge in [-0.2, -0.15) is 0 Å². The highest BCUT2D eigenvalue weighted by Crippen LogP contribution is 2.47. The maximum absolute atomic E-state index is 6.19. The highest BCUT2D eigenvalue weighted by Gasteiger charge is 2.50. The first-order chi connectivity index (χ1) is 10.2. The lowest BCUT2D eigenvalue weighted by molar-refractivity contribution is -0.147. The Morgan fingerprint density at radius 3 is 2.50 bits per heavy atom. The van der Waals surface area contributed by atoms with Gasteiger partial charge in [0.1, 0.15) is 0 Å². The highest BCUT2D eigenvalue weighted by atomic mass is 16.5.